The molecule has 0 unspecified atom stereocenters. The number of amides is 2. The summed E-state index contributed by atoms with van der Waals surface area (Å²) < 4.78 is 5.66. The van der Waals surface area contributed by atoms with Crippen LogP contribution in [0, 0.1) is 5.92 Å². The summed E-state index contributed by atoms with van der Waals surface area (Å²) in [6, 6.07) is 13.8. The van der Waals surface area contributed by atoms with Crippen molar-refractivity contribution >= 4 is 23.5 Å². The summed E-state index contributed by atoms with van der Waals surface area (Å²) in [7, 11) is 0. The zero-order valence-corrected chi connectivity index (χ0v) is 15.3. The van der Waals surface area contributed by atoms with Crippen molar-refractivity contribution in [3.8, 4) is 5.75 Å². The van der Waals surface area contributed by atoms with E-state index in [9.17, 15) is 14.4 Å². The maximum atomic E-state index is 12.3. The fourth-order valence-electron chi connectivity index (χ4n) is 2.53. The Bertz CT molecular complexity index is 842. The van der Waals surface area contributed by atoms with Crippen LogP contribution >= 0.6 is 0 Å². The van der Waals surface area contributed by atoms with Gasteiger partial charge in [0.05, 0.1) is 13.0 Å². The number of carbonyl (C=O) groups excluding carboxylic acids is 2. The third kappa shape index (κ3) is 6.12. The molecule has 146 valence electrons. The first kappa shape index (κ1) is 19.4. The van der Waals surface area contributed by atoms with Crippen LogP contribution in [-0.4, -0.2) is 36.0 Å². The molecule has 3 N–H and O–H groups in total. The van der Waals surface area contributed by atoms with Gasteiger partial charge in [-0.05, 0) is 60.7 Å². The highest BCUT2D eigenvalue weighted by Crippen LogP contribution is 2.29. The minimum absolute atomic E-state index is 0.0732. The van der Waals surface area contributed by atoms with Crippen molar-refractivity contribution in [3.05, 3.63) is 59.7 Å². The van der Waals surface area contributed by atoms with E-state index in [1.807, 2.05) is 0 Å². The highest BCUT2D eigenvalue weighted by molar-refractivity contribution is 6.04. The van der Waals surface area contributed by atoms with E-state index in [2.05, 4.69) is 10.6 Å². The average molecular weight is 382 g/mol. The number of aliphatic carboxylic acids is 1. The predicted octanol–water partition coefficient (Wildman–Crippen LogP) is 2.47. The van der Waals surface area contributed by atoms with E-state index in [4.69, 9.17) is 9.84 Å². The van der Waals surface area contributed by atoms with E-state index in [1.54, 1.807) is 48.5 Å². The Morgan fingerprint density at radius 3 is 2.29 bits per heavy atom. The number of carbonyl (C=O) groups is 3. The number of hydrogen-bond acceptors (Lipinski definition) is 4. The molecule has 1 saturated carbocycles. The van der Waals surface area contributed by atoms with Gasteiger partial charge in [0.1, 0.15) is 12.3 Å². The first-order chi connectivity index (χ1) is 13.5. The topological polar surface area (TPSA) is 105 Å². The molecule has 2 amide bonds. The Balaban J connectivity index is 1.49. The molecular formula is C21H22N2O5. The SMILES string of the molecule is O=C(O)CNC(=O)Cc1ccc(NC(=O)c2ccc(OCC3CC3)cc2)cc1. The van der Waals surface area contributed by atoms with Crippen LogP contribution in [0.1, 0.15) is 28.8 Å². The van der Waals surface area contributed by atoms with Crippen molar-refractivity contribution in [1.29, 1.82) is 0 Å². The fraction of sp³-hybridized carbons (Fsp3) is 0.286. The zero-order chi connectivity index (χ0) is 19.9. The smallest absolute Gasteiger partial charge is 0.322 e. The number of hydrogen-bond donors (Lipinski definition) is 3. The second kappa shape index (κ2) is 9.03. The fourth-order valence-corrected chi connectivity index (χ4v) is 2.53. The lowest BCUT2D eigenvalue weighted by Gasteiger charge is -2.08. The van der Waals surface area contributed by atoms with Crippen LogP contribution in [0.5, 0.6) is 5.75 Å². The van der Waals surface area contributed by atoms with Crippen LogP contribution in [0.3, 0.4) is 0 Å². The largest absolute Gasteiger partial charge is 0.493 e. The Hall–Kier alpha value is -3.35. The molecule has 0 bridgehead atoms. The number of nitrogens with one attached hydrogen (secondary N) is 2. The van der Waals surface area contributed by atoms with E-state index < -0.39 is 12.5 Å². The lowest BCUT2D eigenvalue weighted by molar-refractivity contribution is -0.137. The van der Waals surface area contributed by atoms with Crippen LogP contribution in [-0.2, 0) is 16.0 Å². The van der Waals surface area contributed by atoms with Crippen molar-refractivity contribution in [2.24, 2.45) is 5.92 Å². The molecule has 1 fully saturated rings. The summed E-state index contributed by atoms with van der Waals surface area (Å²) in [6.07, 6.45) is 2.53. The quantitative estimate of drug-likeness (QED) is 0.618. The molecule has 0 spiro atoms. The summed E-state index contributed by atoms with van der Waals surface area (Å²) in [5, 5.41) is 13.7. The highest BCUT2D eigenvalue weighted by atomic mass is 16.5. The Morgan fingerprint density at radius 2 is 1.68 bits per heavy atom. The average Bonchev–Trinajstić information content (AvgIpc) is 3.51. The summed E-state index contributed by atoms with van der Waals surface area (Å²) in [5.41, 5.74) is 1.85. The standard InChI is InChI=1S/C21H22N2O5/c24-19(22-12-20(25)26)11-14-3-7-17(8-4-14)23-21(27)16-5-9-18(10-6-16)28-13-15-1-2-15/h3-10,15H,1-2,11-13H2,(H,22,24)(H,23,27)(H,25,26). The first-order valence-electron chi connectivity index (χ1n) is 9.11. The van der Waals surface area contributed by atoms with E-state index in [0.717, 1.165) is 17.9 Å². The molecule has 3 rings (SSSR count). The van der Waals surface area contributed by atoms with Gasteiger partial charge >= 0.3 is 5.97 Å². The van der Waals surface area contributed by atoms with E-state index in [0.29, 0.717) is 17.2 Å². The highest BCUT2D eigenvalue weighted by Gasteiger charge is 2.21. The molecule has 0 radical (unpaired) electrons. The van der Waals surface area contributed by atoms with Gasteiger partial charge in [0.2, 0.25) is 5.91 Å². The number of anilines is 1. The molecule has 0 heterocycles. The summed E-state index contributed by atoms with van der Waals surface area (Å²) in [6.45, 7) is 0.323. The van der Waals surface area contributed by atoms with Crippen molar-refractivity contribution < 1.29 is 24.2 Å². The molecule has 1 aliphatic rings. The van der Waals surface area contributed by atoms with Gasteiger partial charge in [0.15, 0.2) is 0 Å². The summed E-state index contributed by atoms with van der Waals surface area (Å²) in [5.74, 6) is -0.263. The molecule has 0 aliphatic heterocycles. The molecule has 1 aliphatic carbocycles. The second-order valence-corrected chi connectivity index (χ2v) is 6.78. The van der Waals surface area contributed by atoms with Crippen LogP contribution < -0.4 is 15.4 Å². The van der Waals surface area contributed by atoms with Gasteiger partial charge in [-0.15, -0.1) is 0 Å². The van der Waals surface area contributed by atoms with Gasteiger partial charge in [-0.1, -0.05) is 12.1 Å². The Kier molecular flexibility index (Phi) is 6.26. The molecule has 7 nitrogen and oxygen atoms in total. The lowest BCUT2D eigenvalue weighted by atomic mass is 10.1. The number of carboxylic acids is 1. The lowest BCUT2D eigenvalue weighted by Crippen LogP contribution is -2.30. The van der Waals surface area contributed by atoms with Gasteiger partial charge < -0.3 is 20.5 Å². The van der Waals surface area contributed by atoms with Crippen molar-refractivity contribution in [2.45, 2.75) is 19.3 Å². The van der Waals surface area contributed by atoms with Gasteiger partial charge in [-0.3, -0.25) is 14.4 Å². The number of benzene rings is 2. The summed E-state index contributed by atoms with van der Waals surface area (Å²) in [4.78, 5) is 34.4. The minimum Gasteiger partial charge on any atom is -0.493 e. The van der Waals surface area contributed by atoms with Crippen molar-refractivity contribution in [3.63, 3.8) is 0 Å². The number of ether oxygens (including phenoxy) is 1. The Morgan fingerprint density at radius 1 is 1.00 bits per heavy atom. The van der Waals surface area contributed by atoms with E-state index in [-0.39, 0.29) is 18.2 Å². The van der Waals surface area contributed by atoms with Gasteiger partial charge in [-0.2, -0.15) is 0 Å². The third-order valence-electron chi connectivity index (χ3n) is 4.31. The second-order valence-electron chi connectivity index (χ2n) is 6.78. The molecule has 0 aromatic heterocycles. The molecule has 2 aromatic rings. The van der Waals surface area contributed by atoms with Crippen molar-refractivity contribution in [2.75, 3.05) is 18.5 Å². The van der Waals surface area contributed by atoms with Gasteiger partial charge in [-0.25, -0.2) is 0 Å². The van der Waals surface area contributed by atoms with Crippen LogP contribution in [0.25, 0.3) is 0 Å². The maximum Gasteiger partial charge on any atom is 0.322 e. The third-order valence-corrected chi connectivity index (χ3v) is 4.31. The van der Waals surface area contributed by atoms with Gasteiger partial charge in [0, 0.05) is 11.3 Å². The number of carboxylic acid groups (broad SMARTS) is 1. The predicted molar refractivity (Wildman–Crippen MR) is 103 cm³/mol. The normalized spacial score (nSPS) is 12.9. The molecule has 0 saturated heterocycles. The first-order valence-corrected chi connectivity index (χ1v) is 9.11. The molecule has 28 heavy (non-hydrogen) atoms. The van der Waals surface area contributed by atoms with Crippen LogP contribution in [0.2, 0.25) is 0 Å². The van der Waals surface area contributed by atoms with E-state index in [1.165, 1.54) is 12.8 Å². The monoisotopic (exact) mass is 382 g/mol. The zero-order valence-electron chi connectivity index (χ0n) is 15.3. The molecule has 0 atom stereocenters. The molecular weight excluding hydrogens is 360 g/mol. The van der Waals surface area contributed by atoms with Crippen LogP contribution in [0.4, 0.5) is 5.69 Å². The molecule has 2 aromatic carbocycles. The van der Waals surface area contributed by atoms with Gasteiger partial charge in [0.25, 0.3) is 5.91 Å². The van der Waals surface area contributed by atoms with Crippen molar-refractivity contribution in [1.82, 2.24) is 5.32 Å². The molecule has 7 heteroatoms. The van der Waals surface area contributed by atoms with Crippen LogP contribution in [0.15, 0.2) is 48.5 Å². The van der Waals surface area contributed by atoms with E-state index >= 15 is 0 Å². The Labute approximate surface area is 162 Å². The number of rotatable bonds is 9. The maximum absolute atomic E-state index is 12.3. The minimum atomic E-state index is -1.09. The summed E-state index contributed by atoms with van der Waals surface area (Å²) >= 11 is 0.